The maximum Gasteiger partial charge on any atom is 0.324 e. The Bertz CT molecular complexity index is 682. The van der Waals surface area contributed by atoms with Crippen LogP contribution in [0.25, 0.3) is 0 Å². The average Bonchev–Trinajstić information content (AvgIpc) is 2.90. The number of carbonyl (C=O) groups excluding carboxylic acids is 1. The van der Waals surface area contributed by atoms with Gasteiger partial charge in [0.1, 0.15) is 0 Å². The third-order valence-corrected chi connectivity index (χ3v) is 3.95. The van der Waals surface area contributed by atoms with E-state index in [9.17, 15) is 14.9 Å². The molecule has 0 unspecified atom stereocenters. The van der Waals surface area contributed by atoms with Crippen molar-refractivity contribution >= 4 is 44.4 Å². The number of thiophene rings is 1. The van der Waals surface area contributed by atoms with E-state index in [-0.39, 0.29) is 17.3 Å². The number of benzene rings is 1. The van der Waals surface area contributed by atoms with Crippen LogP contribution in [0, 0.1) is 10.1 Å². The number of hydrogen-bond donors (Lipinski definition) is 1. The Balaban J connectivity index is 1.86. The summed E-state index contributed by atoms with van der Waals surface area (Å²) in [5.41, 5.74) is 3.26. The Morgan fingerprint density at radius 1 is 1.33 bits per heavy atom. The van der Waals surface area contributed by atoms with Crippen LogP contribution in [0.15, 0.2) is 46.0 Å². The monoisotopic (exact) mass is 367 g/mol. The molecule has 21 heavy (non-hydrogen) atoms. The number of amides is 1. The SMILES string of the molecule is O=C(Cc1ccc(Br)cc1)N/N=C/c1ccc([N+](=O)[O-])s1. The fourth-order valence-electron chi connectivity index (χ4n) is 1.50. The van der Waals surface area contributed by atoms with Crippen molar-refractivity contribution in [2.24, 2.45) is 5.10 Å². The molecule has 8 heteroatoms. The molecule has 0 spiro atoms. The minimum atomic E-state index is -0.464. The van der Waals surface area contributed by atoms with Crippen LogP contribution in [0.1, 0.15) is 10.4 Å². The van der Waals surface area contributed by atoms with Crippen molar-refractivity contribution in [2.75, 3.05) is 0 Å². The first kappa shape index (κ1) is 15.3. The molecule has 108 valence electrons. The summed E-state index contributed by atoms with van der Waals surface area (Å²) in [6.07, 6.45) is 1.60. The number of nitro groups is 1. The van der Waals surface area contributed by atoms with Gasteiger partial charge in [-0.25, -0.2) is 5.43 Å². The summed E-state index contributed by atoms with van der Waals surface area (Å²) in [7, 11) is 0. The quantitative estimate of drug-likeness (QED) is 0.500. The number of hydrazone groups is 1. The number of carbonyl (C=O) groups is 1. The molecule has 0 aliphatic rings. The van der Waals surface area contributed by atoms with Crippen LogP contribution in [0.4, 0.5) is 5.00 Å². The smallest absolute Gasteiger partial charge is 0.273 e. The molecule has 1 aromatic heterocycles. The standard InChI is InChI=1S/C13H10BrN3O3S/c14-10-3-1-9(2-4-10)7-12(18)16-15-8-11-5-6-13(21-11)17(19)20/h1-6,8H,7H2,(H,16,18)/b15-8+. The lowest BCUT2D eigenvalue weighted by Crippen LogP contribution is -2.19. The minimum absolute atomic E-state index is 0.0395. The second kappa shape index (κ2) is 7.09. The third-order valence-electron chi connectivity index (χ3n) is 2.45. The molecule has 2 rings (SSSR count). The molecule has 0 atom stereocenters. The van der Waals surface area contributed by atoms with Gasteiger partial charge >= 0.3 is 5.00 Å². The maximum absolute atomic E-state index is 11.7. The molecule has 0 aliphatic carbocycles. The molecule has 0 fully saturated rings. The van der Waals surface area contributed by atoms with Crippen molar-refractivity contribution in [3.63, 3.8) is 0 Å². The zero-order valence-electron chi connectivity index (χ0n) is 10.7. The van der Waals surface area contributed by atoms with Crippen LogP contribution < -0.4 is 5.43 Å². The first-order valence-electron chi connectivity index (χ1n) is 5.85. The molecular formula is C13H10BrN3O3S. The van der Waals surface area contributed by atoms with E-state index in [0.29, 0.717) is 4.88 Å². The van der Waals surface area contributed by atoms with E-state index < -0.39 is 4.92 Å². The van der Waals surface area contributed by atoms with E-state index in [0.717, 1.165) is 21.4 Å². The van der Waals surface area contributed by atoms with Crippen LogP contribution in [0.5, 0.6) is 0 Å². The van der Waals surface area contributed by atoms with E-state index in [4.69, 9.17) is 0 Å². The first-order valence-corrected chi connectivity index (χ1v) is 7.46. The van der Waals surface area contributed by atoms with Crippen molar-refractivity contribution in [3.8, 4) is 0 Å². The van der Waals surface area contributed by atoms with Crippen LogP contribution in [-0.2, 0) is 11.2 Å². The van der Waals surface area contributed by atoms with Crippen molar-refractivity contribution in [1.29, 1.82) is 0 Å². The van der Waals surface area contributed by atoms with E-state index in [1.54, 1.807) is 6.07 Å². The fraction of sp³-hybridized carbons (Fsp3) is 0.0769. The van der Waals surface area contributed by atoms with Crippen LogP contribution in [-0.4, -0.2) is 17.0 Å². The van der Waals surface area contributed by atoms with Gasteiger partial charge in [-0.2, -0.15) is 5.10 Å². The fourth-order valence-corrected chi connectivity index (χ4v) is 2.46. The van der Waals surface area contributed by atoms with E-state index in [2.05, 4.69) is 26.5 Å². The highest BCUT2D eigenvalue weighted by Gasteiger charge is 2.08. The molecule has 2 aromatic rings. The largest absolute Gasteiger partial charge is 0.324 e. The van der Waals surface area contributed by atoms with E-state index >= 15 is 0 Å². The Morgan fingerprint density at radius 2 is 2.05 bits per heavy atom. The zero-order chi connectivity index (χ0) is 15.2. The number of halogens is 1. The third kappa shape index (κ3) is 4.76. The lowest BCUT2D eigenvalue weighted by Gasteiger charge is -2.00. The molecule has 0 bridgehead atoms. The summed E-state index contributed by atoms with van der Waals surface area (Å²) in [5, 5.41) is 14.3. The van der Waals surface area contributed by atoms with Crippen LogP contribution in [0.2, 0.25) is 0 Å². The van der Waals surface area contributed by atoms with Crippen molar-refractivity contribution in [2.45, 2.75) is 6.42 Å². The lowest BCUT2D eigenvalue weighted by molar-refractivity contribution is -0.380. The summed E-state index contributed by atoms with van der Waals surface area (Å²) in [6.45, 7) is 0. The molecule has 1 heterocycles. The summed E-state index contributed by atoms with van der Waals surface area (Å²) < 4.78 is 0.948. The van der Waals surface area contributed by atoms with Gasteiger partial charge in [0, 0.05) is 10.5 Å². The molecule has 0 radical (unpaired) electrons. The van der Waals surface area contributed by atoms with Gasteiger partial charge in [0.25, 0.3) is 0 Å². The Hall–Kier alpha value is -2.06. The van der Waals surface area contributed by atoms with Crippen LogP contribution in [0.3, 0.4) is 0 Å². The highest BCUT2D eigenvalue weighted by Crippen LogP contribution is 2.22. The molecule has 0 saturated carbocycles. The predicted molar refractivity (Wildman–Crippen MR) is 84.6 cm³/mol. The number of hydrogen-bond acceptors (Lipinski definition) is 5. The summed E-state index contributed by atoms with van der Waals surface area (Å²) in [5.74, 6) is -0.250. The predicted octanol–water partition coefficient (Wildman–Crippen LogP) is 3.11. The topological polar surface area (TPSA) is 84.6 Å². The molecule has 1 N–H and O–H groups in total. The highest BCUT2D eigenvalue weighted by molar-refractivity contribution is 9.10. The number of nitrogens with one attached hydrogen (secondary N) is 1. The Kier molecular flexibility index (Phi) is 5.18. The maximum atomic E-state index is 11.7. The summed E-state index contributed by atoms with van der Waals surface area (Å²) in [4.78, 5) is 22.3. The van der Waals surface area contributed by atoms with E-state index in [1.807, 2.05) is 24.3 Å². The second-order valence-corrected chi connectivity index (χ2v) is 6.04. The lowest BCUT2D eigenvalue weighted by atomic mass is 10.1. The zero-order valence-corrected chi connectivity index (χ0v) is 13.1. The minimum Gasteiger partial charge on any atom is -0.273 e. The molecule has 0 saturated heterocycles. The van der Waals surface area contributed by atoms with Gasteiger partial charge in [0.15, 0.2) is 0 Å². The number of nitrogens with zero attached hydrogens (tertiary/aromatic N) is 2. The van der Waals surface area contributed by atoms with Crippen molar-refractivity contribution < 1.29 is 9.72 Å². The number of rotatable bonds is 5. The summed E-state index contributed by atoms with van der Waals surface area (Å²) in [6, 6.07) is 10.4. The van der Waals surface area contributed by atoms with Gasteiger partial charge in [-0.05, 0) is 23.8 Å². The molecule has 0 aliphatic heterocycles. The normalized spacial score (nSPS) is 10.7. The van der Waals surface area contributed by atoms with Gasteiger partial charge < -0.3 is 0 Å². The molecular weight excluding hydrogens is 358 g/mol. The average molecular weight is 368 g/mol. The van der Waals surface area contributed by atoms with Gasteiger partial charge in [-0.1, -0.05) is 39.4 Å². The van der Waals surface area contributed by atoms with Gasteiger partial charge in [-0.15, -0.1) is 0 Å². The van der Waals surface area contributed by atoms with Gasteiger partial charge in [0.05, 0.1) is 22.4 Å². The highest BCUT2D eigenvalue weighted by atomic mass is 79.9. The second-order valence-electron chi connectivity index (χ2n) is 4.03. The van der Waals surface area contributed by atoms with Crippen molar-refractivity contribution in [3.05, 3.63) is 61.4 Å². The van der Waals surface area contributed by atoms with Crippen molar-refractivity contribution in [1.82, 2.24) is 5.43 Å². The molecule has 1 aromatic carbocycles. The van der Waals surface area contributed by atoms with Crippen LogP contribution >= 0.6 is 27.3 Å². The Morgan fingerprint density at radius 3 is 2.67 bits per heavy atom. The van der Waals surface area contributed by atoms with Gasteiger partial charge in [0.2, 0.25) is 5.91 Å². The summed E-state index contributed by atoms with van der Waals surface area (Å²) >= 11 is 4.31. The first-order chi connectivity index (χ1) is 10.0. The molecule has 6 nitrogen and oxygen atoms in total. The van der Waals surface area contributed by atoms with Gasteiger partial charge in [-0.3, -0.25) is 14.9 Å². The molecule has 1 amide bonds. The Labute approximate surface area is 132 Å². The van der Waals surface area contributed by atoms with E-state index in [1.165, 1.54) is 12.3 Å².